The minimum atomic E-state index is -3.57. The molecule has 3 aromatic carbocycles. The smallest absolute Gasteiger partial charge is 0.262 e. The average Bonchev–Trinajstić information content (AvgIpc) is 2.72. The van der Waals surface area contributed by atoms with Gasteiger partial charge in [0.15, 0.2) is 6.61 Å². The predicted octanol–water partition coefficient (Wildman–Crippen LogP) is 3.93. The molecule has 6 nitrogen and oxygen atoms in total. The molecular formula is C22H24N2O4S. The van der Waals surface area contributed by atoms with Crippen LogP contribution in [0.15, 0.2) is 71.6 Å². The van der Waals surface area contributed by atoms with Crippen LogP contribution < -0.4 is 14.8 Å². The van der Waals surface area contributed by atoms with Gasteiger partial charge in [0.1, 0.15) is 5.75 Å². The Morgan fingerprint density at radius 3 is 2.38 bits per heavy atom. The second-order valence-electron chi connectivity index (χ2n) is 6.80. The molecular weight excluding hydrogens is 388 g/mol. The molecule has 3 rings (SSSR count). The van der Waals surface area contributed by atoms with Gasteiger partial charge in [-0.3, -0.25) is 4.79 Å². The molecule has 0 aromatic heterocycles. The molecule has 2 N–H and O–H groups in total. The number of benzene rings is 3. The van der Waals surface area contributed by atoms with E-state index in [0.717, 1.165) is 10.8 Å². The number of anilines is 1. The van der Waals surface area contributed by atoms with Crippen LogP contribution in [0.1, 0.15) is 20.3 Å². The predicted molar refractivity (Wildman–Crippen MR) is 115 cm³/mol. The van der Waals surface area contributed by atoms with Crippen LogP contribution in [-0.2, 0) is 14.8 Å². The number of hydrogen-bond acceptors (Lipinski definition) is 4. The van der Waals surface area contributed by atoms with Crippen LogP contribution in [0.5, 0.6) is 5.75 Å². The molecule has 152 valence electrons. The summed E-state index contributed by atoms with van der Waals surface area (Å²) in [5, 5.41) is 4.84. The number of rotatable bonds is 8. The van der Waals surface area contributed by atoms with Gasteiger partial charge in [-0.25, -0.2) is 13.1 Å². The molecule has 1 atom stereocenters. The monoisotopic (exact) mass is 412 g/mol. The van der Waals surface area contributed by atoms with Crippen molar-refractivity contribution in [2.45, 2.75) is 31.2 Å². The van der Waals surface area contributed by atoms with Crippen molar-refractivity contribution < 1.29 is 17.9 Å². The highest BCUT2D eigenvalue weighted by atomic mass is 32.2. The van der Waals surface area contributed by atoms with Crippen LogP contribution in [0.4, 0.5) is 5.69 Å². The maximum absolute atomic E-state index is 12.3. The van der Waals surface area contributed by atoms with Crippen molar-refractivity contribution in [3.8, 4) is 5.75 Å². The van der Waals surface area contributed by atoms with Crippen molar-refractivity contribution in [3.63, 3.8) is 0 Å². The first-order chi connectivity index (χ1) is 13.9. The molecule has 0 fully saturated rings. The van der Waals surface area contributed by atoms with E-state index in [1.807, 2.05) is 56.3 Å². The highest BCUT2D eigenvalue weighted by Gasteiger charge is 2.16. The van der Waals surface area contributed by atoms with Crippen LogP contribution in [-0.4, -0.2) is 27.0 Å². The first-order valence-corrected chi connectivity index (χ1v) is 10.9. The summed E-state index contributed by atoms with van der Waals surface area (Å²) in [5.74, 6) is 0.280. The zero-order valence-electron chi connectivity index (χ0n) is 16.4. The van der Waals surface area contributed by atoms with E-state index < -0.39 is 10.0 Å². The maximum atomic E-state index is 12.3. The van der Waals surface area contributed by atoms with Gasteiger partial charge in [-0.1, -0.05) is 37.3 Å². The van der Waals surface area contributed by atoms with Crippen molar-refractivity contribution in [3.05, 3.63) is 66.7 Å². The van der Waals surface area contributed by atoms with Crippen molar-refractivity contribution in [1.82, 2.24) is 4.72 Å². The third kappa shape index (κ3) is 5.56. The van der Waals surface area contributed by atoms with E-state index in [9.17, 15) is 13.2 Å². The van der Waals surface area contributed by atoms with E-state index in [2.05, 4.69) is 10.0 Å². The average molecular weight is 413 g/mol. The number of amides is 1. The number of fused-ring (bicyclic) bond motifs is 1. The fourth-order valence-corrected chi connectivity index (χ4v) is 4.06. The summed E-state index contributed by atoms with van der Waals surface area (Å²) in [5.41, 5.74) is 0.500. The molecule has 0 radical (unpaired) electrons. The van der Waals surface area contributed by atoms with Gasteiger partial charge in [0.25, 0.3) is 5.91 Å². The molecule has 0 spiro atoms. The summed E-state index contributed by atoms with van der Waals surface area (Å²) in [6.45, 7) is 3.57. The van der Waals surface area contributed by atoms with Gasteiger partial charge in [0.2, 0.25) is 10.0 Å². The lowest BCUT2D eigenvalue weighted by atomic mass is 10.1. The van der Waals surface area contributed by atoms with Crippen LogP contribution in [0.3, 0.4) is 0 Å². The SMILES string of the molecule is CCC(C)NS(=O)(=O)c1ccc(NC(=O)COc2ccc3ccccc3c2)cc1. The first kappa shape index (κ1) is 20.8. The highest BCUT2D eigenvalue weighted by molar-refractivity contribution is 7.89. The standard InChI is InChI=1S/C22H24N2O4S/c1-3-16(2)24-29(26,27)21-12-9-19(10-13-21)23-22(25)15-28-20-11-8-17-6-4-5-7-18(17)14-20/h4-14,16,24H,3,15H2,1-2H3,(H,23,25). The van der Waals surface area contributed by atoms with E-state index in [1.54, 1.807) is 12.1 Å². The Labute approximate surface area is 170 Å². The molecule has 3 aromatic rings. The summed E-state index contributed by atoms with van der Waals surface area (Å²) >= 11 is 0. The molecule has 0 aliphatic carbocycles. The van der Waals surface area contributed by atoms with Crippen molar-refractivity contribution >= 4 is 32.4 Å². The van der Waals surface area contributed by atoms with Gasteiger partial charge < -0.3 is 10.1 Å². The molecule has 0 saturated heterocycles. The zero-order valence-corrected chi connectivity index (χ0v) is 17.2. The largest absolute Gasteiger partial charge is 0.484 e. The Morgan fingerprint density at radius 2 is 1.69 bits per heavy atom. The first-order valence-electron chi connectivity index (χ1n) is 9.41. The van der Waals surface area contributed by atoms with Gasteiger partial charge >= 0.3 is 0 Å². The van der Waals surface area contributed by atoms with E-state index in [0.29, 0.717) is 17.9 Å². The van der Waals surface area contributed by atoms with E-state index in [1.165, 1.54) is 12.1 Å². The van der Waals surface area contributed by atoms with Gasteiger partial charge in [-0.2, -0.15) is 0 Å². The molecule has 7 heteroatoms. The molecule has 0 bridgehead atoms. The Hall–Kier alpha value is -2.90. The molecule has 0 aliphatic heterocycles. The van der Waals surface area contributed by atoms with Crippen LogP contribution in [0, 0.1) is 0 Å². The topological polar surface area (TPSA) is 84.5 Å². The number of nitrogens with one attached hydrogen (secondary N) is 2. The minimum Gasteiger partial charge on any atom is -0.484 e. The maximum Gasteiger partial charge on any atom is 0.262 e. The van der Waals surface area contributed by atoms with E-state index in [-0.39, 0.29) is 23.5 Å². The summed E-state index contributed by atoms with van der Waals surface area (Å²) in [4.78, 5) is 12.3. The summed E-state index contributed by atoms with van der Waals surface area (Å²) in [6, 6.07) is 19.4. The Bertz CT molecular complexity index is 1100. The summed E-state index contributed by atoms with van der Waals surface area (Å²) in [7, 11) is -3.57. The third-order valence-corrected chi connectivity index (χ3v) is 6.11. The van der Waals surface area contributed by atoms with Crippen LogP contribution in [0.25, 0.3) is 10.8 Å². The lowest BCUT2D eigenvalue weighted by molar-refractivity contribution is -0.118. The van der Waals surface area contributed by atoms with E-state index >= 15 is 0 Å². The number of ether oxygens (including phenoxy) is 1. The van der Waals surface area contributed by atoms with Gasteiger partial charge in [-0.15, -0.1) is 0 Å². The summed E-state index contributed by atoms with van der Waals surface area (Å²) < 4.78 is 32.7. The van der Waals surface area contributed by atoms with Gasteiger partial charge in [0, 0.05) is 11.7 Å². The Balaban J connectivity index is 1.57. The van der Waals surface area contributed by atoms with Gasteiger partial charge in [-0.05, 0) is 60.5 Å². The number of hydrogen-bond donors (Lipinski definition) is 2. The highest BCUT2D eigenvalue weighted by Crippen LogP contribution is 2.20. The second kappa shape index (κ2) is 9.07. The Kier molecular flexibility index (Phi) is 6.51. The van der Waals surface area contributed by atoms with Crippen LogP contribution in [0.2, 0.25) is 0 Å². The van der Waals surface area contributed by atoms with Gasteiger partial charge in [0.05, 0.1) is 4.90 Å². The lowest BCUT2D eigenvalue weighted by Crippen LogP contribution is -2.31. The van der Waals surface area contributed by atoms with Crippen molar-refractivity contribution in [2.75, 3.05) is 11.9 Å². The molecule has 0 heterocycles. The van der Waals surface area contributed by atoms with E-state index in [4.69, 9.17) is 4.74 Å². The molecule has 0 aliphatic rings. The zero-order chi connectivity index (χ0) is 20.9. The normalized spacial score (nSPS) is 12.5. The minimum absolute atomic E-state index is 0.145. The second-order valence-corrected chi connectivity index (χ2v) is 8.51. The molecule has 1 unspecified atom stereocenters. The molecule has 0 saturated carbocycles. The van der Waals surface area contributed by atoms with Crippen LogP contribution >= 0.6 is 0 Å². The number of sulfonamides is 1. The fraction of sp³-hybridized carbons (Fsp3) is 0.227. The van der Waals surface area contributed by atoms with Crippen molar-refractivity contribution in [1.29, 1.82) is 0 Å². The lowest BCUT2D eigenvalue weighted by Gasteiger charge is -2.12. The molecule has 29 heavy (non-hydrogen) atoms. The number of carbonyl (C=O) groups excluding carboxylic acids is 1. The number of carbonyl (C=O) groups is 1. The fourth-order valence-electron chi connectivity index (χ4n) is 2.74. The van der Waals surface area contributed by atoms with Crippen molar-refractivity contribution in [2.24, 2.45) is 0 Å². The quantitative estimate of drug-likeness (QED) is 0.587. The summed E-state index contributed by atoms with van der Waals surface area (Å²) in [6.07, 6.45) is 0.699. The third-order valence-electron chi connectivity index (χ3n) is 4.51. The Morgan fingerprint density at radius 1 is 1.00 bits per heavy atom. The molecule has 1 amide bonds.